The topological polar surface area (TPSA) is 47.0 Å². The van der Waals surface area contributed by atoms with Crippen LogP contribution in [0.4, 0.5) is 5.82 Å². The summed E-state index contributed by atoms with van der Waals surface area (Å²) in [6.07, 6.45) is 4.53. The van der Waals surface area contributed by atoms with Gasteiger partial charge in [0.1, 0.15) is 11.9 Å². The van der Waals surface area contributed by atoms with Crippen LogP contribution >= 0.6 is 15.9 Å². The van der Waals surface area contributed by atoms with E-state index in [1.54, 1.807) is 0 Å². The fourth-order valence-corrected chi connectivity index (χ4v) is 2.78. The third-order valence-electron chi connectivity index (χ3n) is 3.31. The molecule has 1 unspecified atom stereocenters. The highest BCUT2D eigenvalue weighted by molar-refractivity contribution is 9.10. The molecule has 0 aliphatic heterocycles. The Kier molecular flexibility index (Phi) is 5.16. The Morgan fingerprint density at radius 1 is 1.37 bits per heavy atom. The van der Waals surface area contributed by atoms with Crippen molar-refractivity contribution in [1.82, 2.24) is 9.97 Å². The molecule has 1 aromatic rings. The van der Waals surface area contributed by atoms with Crippen LogP contribution in [0.1, 0.15) is 50.7 Å². The van der Waals surface area contributed by atoms with E-state index in [4.69, 9.17) is 9.72 Å². The maximum absolute atomic E-state index is 5.86. The van der Waals surface area contributed by atoms with E-state index < -0.39 is 0 Å². The van der Waals surface area contributed by atoms with Crippen LogP contribution < -0.4 is 5.32 Å². The summed E-state index contributed by atoms with van der Waals surface area (Å²) in [4.78, 5) is 9.35. The molecule has 0 bridgehead atoms. The molecule has 1 saturated carbocycles. The van der Waals surface area contributed by atoms with Gasteiger partial charge >= 0.3 is 0 Å². The van der Waals surface area contributed by atoms with Crippen molar-refractivity contribution in [2.75, 3.05) is 19.0 Å². The van der Waals surface area contributed by atoms with Crippen molar-refractivity contribution in [3.05, 3.63) is 16.0 Å². The number of nitrogens with one attached hydrogen (secondary N) is 1. The SMILES string of the molecule is CCCc1nc(C(OCC)C2CC2)nc(NC)c1Br. The van der Waals surface area contributed by atoms with Crippen LogP contribution in [-0.2, 0) is 11.2 Å². The lowest BCUT2D eigenvalue weighted by atomic mass is 10.2. The van der Waals surface area contributed by atoms with Crippen molar-refractivity contribution < 1.29 is 4.74 Å². The van der Waals surface area contributed by atoms with Crippen LogP contribution in [0.15, 0.2) is 4.47 Å². The van der Waals surface area contributed by atoms with Crippen molar-refractivity contribution in [2.45, 2.75) is 45.6 Å². The summed E-state index contributed by atoms with van der Waals surface area (Å²) >= 11 is 3.59. The first-order chi connectivity index (χ1) is 9.21. The smallest absolute Gasteiger partial charge is 0.160 e. The minimum Gasteiger partial charge on any atom is -0.372 e. The van der Waals surface area contributed by atoms with Gasteiger partial charge in [-0.05, 0) is 48.0 Å². The summed E-state index contributed by atoms with van der Waals surface area (Å²) in [7, 11) is 1.89. The van der Waals surface area contributed by atoms with Crippen molar-refractivity contribution in [3.8, 4) is 0 Å². The Morgan fingerprint density at radius 3 is 2.63 bits per heavy atom. The van der Waals surface area contributed by atoms with Gasteiger partial charge in [-0.3, -0.25) is 0 Å². The molecule has 0 aromatic carbocycles. The van der Waals surface area contributed by atoms with Gasteiger partial charge in [0.25, 0.3) is 0 Å². The van der Waals surface area contributed by atoms with Crippen LogP contribution in [0.2, 0.25) is 0 Å². The van der Waals surface area contributed by atoms with Gasteiger partial charge in [-0.25, -0.2) is 9.97 Å². The molecule has 1 N–H and O–H groups in total. The number of aromatic nitrogens is 2. The molecule has 1 heterocycles. The summed E-state index contributed by atoms with van der Waals surface area (Å²) in [6.45, 7) is 4.90. The van der Waals surface area contributed by atoms with Crippen LogP contribution in [-0.4, -0.2) is 23.6 Å². The second kappa shape index (κ2) is 6.66. The van der Waals surface area contributed by atoms with Gasteiger partial charge in [0, 0.05) is 13.7 Å². The van der Waals surface area contributed by atoms with Crippen molar-refractivity contribution >= 4 is 21.7 Å². The van der Waals surface area contributed by atoms with Gasteiger partial charge in [0.2, 0.25) is 0 Å². The van der Waals surface area contributed by atoms with Gasteiger partial charge in [-0.2, -0.15) is 0 Å². The lowest BCUT2D eigenvalue weighted by Gasteiger charge is -2.18. The highest BCUT2D eigenvalue weighted by Gasteiger charge is 2.35. The molecule has 1 aliphatic carbocycles. The second-order valence-electron chi connectivity index (χ2n) is 4.90. The number of nitrogens with zero attached hydrogens (tertiary/aromatic N) is 2. The first-order valence-corrected chi connectivity index (χ1v) is 7.86. The Labute approximate surface area is 123 Å². The molecule has 1 fully saturated rings. The van der Waals surface area contributed by atoms with E-state index in [1.807, 2.05) is 14.0 Å². The Bertz CT molecular complexity index is 435. The van der Waals surface area contributed by atoms with Crippen molar-refractivity contribution in [3.63, 3.8) is 0 Å². The van der Waals surface area contributed by atoms with E-state index in [0.29, 0.717) is 12.5 Å². The number of aryl methyl sites for hydroxylation is 1. The number of ether oxygens (including phenoxy) is 1. The zero-order chi connectivity index (χ0) is 13.8. The quantitative estimate of drug-likeness (QED) is 0.829. The summed E-state index contributed by atoms with van der Waals surface area (Å²) < 4.78 is 6.83. The van der Waals surface area contributed by atoms with Gasteiger partial charge < -0.3 is 10.1 Å². The van der Waals surface area contributed by atoms with Crippen molar-refractivity contribution in [2.24, 2.45) is 5.92 Å². The van der Waals surface area contributed by atoms with E-state index in [1.165, 1.54) is 12.8 Å². The standard InChI is InChI=1S/C14H22BrN3O/c1-4-6-10-11(15)13(16-3)18-14(17-10)12(19-5-2)9-7-8-9/h9,12H,4-8H2,1-3H3,(H,16,17,18). The zero-order valence-electron chi connectivity index (χ0n) is 11.9. The van der Waals surface area contributed by atoms with Gasteiger partial charge in [-0.1, -0.05) is 13.3 Å². The van der Waals surface area contributed by atoms with Crippen LogP contribution in [0.3, 0.4) is 0 Å². The molecule has 0 spiro atoms. The third-order valence-corrected chi connectivity index (χ3v) is 4.14. The van der Waals surface area contributed by atoms with E-state index in [-0.39, 0.29) is 6.10 Å². The molecule has 2 rings (SSSR count). The zero-order valence-corrected chi connectivity index (χ0v) is 13.5. The lowest BCUT2D eigenvalue weighted by Crippen LogP contribution is -2.14. The molecular formula is C14H22BrN3O. The number of anilines is 1. The maximum Gasteiger partial charge on any atom is 0.160 e. The van der Waals surface area contributed by atoms with E-state index >= 15 is 0 Å². The summed E-state index contributed by atoms with van der Waals surface area (Å²) in [5.74, 6) is 2.29. The molecule has 1 aliphatic rings. The molecule has 1 atom stereocenters. The number of hydrogen-bond donors (Lipinski definition) is 1. The average molecular weight is 328 g/mol. The number of rotatable bonds is 7. The molecule has 19 heavy (non-hydrogen) atoms. The summed E-state index contributed by atoms with van der Waals surface area (Å²) in [5.41, 5.74) is 1.07. The van der Waals surface area contributed by atoms with Gasteiger partial charge in [0.15, 0.2) is 5.82 Å². The second-order valence-corrected chi connectivity index (χ2v) is 5.70. The highest BCUT2D eigenvalue weighted by Crippen LogP contribution is 2.43. The molecular weight excluding hydrogens is 306 g/mol. The molecule has 4 nitrogen and oxygen atoms in total. The average Bonchev–Trinajstić information content (AvgIpc) is 3.23. The molecule has 0 saturated heterocycles. The number of halogens is 1. The minimum absolute atomic E-state index is 0.0563. The van der Waals surface area contributed by atoms with Crippen molar-refractivity contribution in [1.29, 1.82) is 0 Å². The maximum atomic E-state index is 5.86. The van der Waals surface area contributed by atoms with Crippen LogP contribution in [0, 0.1) is 5.92 Å². The van der Waals surface area contributed by atoms with Crippen LogP contribution in [0.5, 0.6) is 0 Å². The monoisotopic (exact) mass is 327 g/mol. The highest BCUT2D eigenvalue weighted by atomic mass is 79.9. The fraction of sp³-hybridized carbons (Fsp3) is 0.714. The van der Waals surface area contributed by atoms with Crippen LogP contribution in [0.25, 0.3) is 0 Å². The summed E-state index contributed by atoms with van der Waals surface area (Å²) in [5, 5.41) is 3.14. The molecule has 0 radical (unpaired) electrons. The van der Waals surface area contributed by atoms with Gasteiger partial charge in [-0.15, -0.1) is 0 Å². The minimum atomic E-state index is 0.0563. The molecule has 106 valence electrons. The van der Waals surface area contributed by atoms with Gasteiger partial charge in [0.05, 0.1) is 10.2 Å². The normalized spacial score (nSPS) is 16.4. The fourth-order valence-electron chi connectivity index (χ4n) is 2.21. The lowest BCUT2D eigenvalue weighted by molar-refractivity contribution is 0.0399. The Hall–Kier alpha value is -0.680. The number of hydrogen-bond acceptors (Lipinski definition) is 4. The Morgan fingerprint density at radius 2 is 2.11 bits per heavy atom. The largest absolute Gasteiger partial charge is 0.372 e. The molecule has 1 aromatic heterocycles. The van der Waals surface area contributed by atoms with E-state index in [2.05, 4.69) is 33.2 Å². The van der Waals surface area contributed by atoms with E-state index in [0.717, 1.165) is 34.7 Å². The first-order valence-electron chi connectivity index (χ1n) is 7.06. The first kappa shape index (κ1) is 14.7. The predicted molar refractivity (Wildman–Crippen MR) is 80.4 cm³/mol. The molecule has 0 amide bonds. The summed E-state index contributed by atoms with van der Waals surface area (Å²) in [6, 6.07) is 0. The predicted octanol–water partition coefficient (Wildman–Crippen LogP) is 3.72. The van der Waals surface area contributed by atoms with E-state index in [9.17, 15) is 0 Å². The molecule has 5 heteroatoms. The Balaban J connectivity index is 2.34. The third kappa shape index (κ3) is 3.45.